The Kier molecular flexibility index (Phi) is 4.17. The number of fused-ring (bicyclic) bond motifs is 3. The van der Waals surface area contributed by atoms with Gasteiger partial charge in [0.1, 0.15) is 5.69 Å². The third kappa shape index (κ3) is 3.24. The van der Waals surface area contributed by atoms with Crippen molar-refractivity contribution in [1.29, 1.82) is 0 Å². The molecule has 0 spiro atoms. The molecule has 0 fully saturated rings. The smallest absolute Gasteiger partial charge is 0.319 e. The molecule has 1 aliphatic heterocycles. The van der Waals surface area contributed by atoms with Gasteiger partial charge in [0.05, 0.1) is 11.4 Å². The first kappa shape index (κ1) is 18.7. The number of aryl methyl sites for hydroxylation is 1. The van der Waals surface area contributed by atoms with Crippen LogP contribution in [0, 0.1) is 18.6 Å². The number of alkyl halides is 3. The van der Waals surface area contributed by atoms with E-state index in [4.69, 9.17) is 4.94 Å². The number of hydrogen-bond donors (Lipinski definition) is 2. The van der Waals surface area contributed by atoms with Gasteiger partial charge in [-0.1, -0.05) is 10.9 Å². The molecule has 2 aromatic carbocycles. The summed E-state index contributed by atoms with van der Waals surface area (Å²) in [6.45, 7) is 1.38. The van der Waals surface area contributed by atoms with Crippen molar-refractivity contribution in [1.82, 2.24) is 9.94 Å². The minimum absolute atomic E-state index is 0.0321. The predicted octanol–water partition coefficient (Wildman–Crippen LogP) is 4.18. The molecule has 0 radical (unpaired) electrons. The molecule has 2 N–H and O–H groups in total. The average molecular weight is 410 g/mol. The Labute approximate surface area is 159 Å². The zero-order valence-corrected chi connectivity index (χ0v) is 14.6. The maximum absolute atomic E-state index is 14.0. The molecule has 1 amide bonds. The van der Waals surface area contributed by atoms with Crippen molar-refractivity contribution in [2.45, 2.75) is 13.1 Å². The summed E-state index contributed by atoms with van der Waals surface area (Å²) in [6, 6.07) is 7.37. The Morgan fingerprint density at radius 3 is 2.62 bits per heavy atom. The minimum atomic E-state index is -4.65. The van der Waals surface area contributed by atoms with E-state index in [9.17, 15) is 26.7 Å². The zero-order valence-electron chi connectivity index (χ0n) is 14.6. The van der Waals surface area contributed by atoms with Gasteiger partial charge in [-0.25, -0.2) is 8.78 Å². The number of halogens is 5. The first-order chi connectivity index (χ1) is 13.6. The highest BCUT2D eigenvalue weighted by Crippen LogP contribution is 2.36. The molecule has 1 aliphatic rings. The lowest BCUT2D eigenvalue weighted by atomic mass is 10.0. The predicted molar refractivity (Wildman–Crippen MR) is 91.9 cm³/mol. The number of carbonyl (C=O) groups is 1. The maximum Gasteiger partial charge on any atom is 0.435 e. The molecule has 1 aromatic heterocycles. The number of benzene rings is 2. The highest BCUT2D eigenvalue weighted by molar-refractivity contribution is 6.05. The third-order valence-electron chi connectivity index (χ3n) is 4.29. The summed E-state index contributed by atoms with van der Waals surface area (Å²) >= 11 is 0. The molecule has 150 valence electrons. The van der Waals surface area contributed by atoms with E-state index in [1.165, 1.54) is 37.3 Å². The number of aromatic nitrogens is 2. The lowest BCUT2D eigenvalue weighted by molar-refractivity contribution is -0.142. The van der Waals surface area contributed by atoms with Crippen LogP contribution in [-0.4, -0.2) is 15.9 Å². The van der Waals surface area contributed by atoms with Crippen molar-refractivity contribution in [3.05, 3.63) is 64.9 Å². The molecule has 4 rings (SSSR count). The Bertz CT molecular complexity index is 1140. The van der Waals surface area contributed by atoms with Crippen molar-refractivity contribution >= 4 is 17.3 Å². The molecular formula is C18H11F5N4O2. The van der Waals surface area contributed by atoms with Crippen LogP contribution in [0.1, 0.15) is 21.6 Å². The molecule has 3 aromatic rings. The van der Waals surface area contributed by atoms with Gasteiger partial charge in [0, 0.05) is 17.2 Å². The fourth-order valence-corrected chi connectivity index (χ4v) is 2.78. The Hall–Kier alpha value is -3.63. The van der Waals surface area contributed by atoms with Crippen molar-refractivity contribution in [3.8, 4) is 11.3 Å². The second-order valence-electron chi connectivity index (χ2n) is 6.25. The zero-order chi connectivity index (χ0) is 20.9. The Morgan fingerprint density at radius 2 is 1.90 bits per heavy atom. The second-order valence-corrected chi connectivity index (χ2v) is 6.25. The Morgan fingerprint density at radius 1 is 1.14 bits per heavy atom. The van der Waals surface area contributed by atoms with Crippen LogP contribution in [0.2, 0.25) is 0 Å². The van der Waals surface area contributed by atoms with E-state index in [0.717, 1.165) is 6.07 Å². The van der Waals surface area contributed by atoms with Crippen molar-refractivity contribution in [3.63, 3.8) is 0 Å². The molecule has 0 atom stereocenters. The largest absolute Gasteiger partial charge is 0.435 e. The van der Waals surface area contributed by atoms with E-state index in [-0.39, 0.29) is 28.2 Å². The summed E-state index contributed by atoms with van der Waals surface area (Å²) in [6.07, 6.45) is -4.65. The van der Waals surface area contributed by atoms with E-state index in [2.05, 4.69) is 15.9 Å². The number of nitrogens with one attached hydrogen (secondary N) is 2. The van der Waals surface area contributed by atoms with Gasteiger partial charge in [-0.3, -0.25) is 9.73 Å². The third-order valence-corrected chi connectivity index (χ3v) is 4.29. The van der Waals surface area contributed by atoms with Crippen molar-refractivity contribution in [2.24, 2.45) is 0 Å². The molecule has 6 nitrogen and oxygen atoms in total. The minimum Gasteiger partial charge on any atom is -0.319 e. The van der Waals surface area contributed by atoms with Crippen molar-refractivity contribution in [2.75, 3.05) is 10.8 Å². The summed E-state index contributed by atoms with van der Waals surface area (Å²) in [5.41, 5.74) is 1.59. The van der Waals surface area contributed by atoms with E-state index in [0.29, 0.717) is 10.4 Å². The van der Waals surface area contributed by atoms with Crippen LogP contribution in [0.3, 0.4) is 0 Å². The summed E-state index contributed by atoms with van der Waals surface area (Å²) in [5, 5.41) is 5.57. The molecule has 11 heteroatoms. The standard InChI is InChI=1S/C18H11F5N4O2/c1-8-2-5-11(16(20)15(8)19)24-17(28)9-3-4-10-12(6-9)26-29-27-13(10)7-14(25-27)18(21,22)23/h2-7,26H,1H3,(H,24,28). The van der Waals surface area contributed by atoms with Gasteiger partial charge in [0.2, 0.25) is 0 Å². The maximum atomic E-state index is 14.0. The number of rotatable bonds is 2. The number of amides is 1. The SMILES string of the molecule is Cc1ccc(NC(=O)c2ccc3c(c2)NOn2nc(C(F)(F)F)cc2-3)c(F)c1F. The van der Waals surface area contributed by atoms with Gasteiger partial charge in [0.25, 0.3) is 5.91 Å². The molecule has 0 bridgehead atoms. The van der Waals surface area contributed by atoms with E-state index < -0.39 is 29.4 Å². The summed E-state index contributed by atoms with van der Waals surface area (Å²) in [4.78, 5) is 18.0. The normalized spacial score (nSPS) is 12.5. The molecule has 29 heavy (non-hydrogen) atoms. The van der Waals surface area contributed by atoms with Gasteiger partial charge < -0.3 is 5.32 Å². The topological polar surface area (TPSA) is 68.2 Å². The number of hydrogen-bond acceptors (Lipinski definition) is 4. The van der Waals surface area contributed by atoms with Crippen LogP contribution in [0.5, 0.6) is 0 Å². The van der Waals surface area contributed by atoms with E-state index in [1.54, 1.807) is 0 Å². The van der Waals surface area contributed by atoms with Gasteiger partial charge in [0.15, 0.2) is 17.3 Å². The van der Waals surface area contributed by atoms with Crippen LogP contribution >= 0.6 is 0 Å². The molecular weight excluding hydrogens is 399 g/mol. The number of carbonyl (C=O) groups excluding carboxylic acids is 1. The first-order valence-corrected chi connectivity index (χ1v) is 8.16. The molecule has 0 aliphatic carbocycles. The highest BCUT2D eigenvalue weighted by Gasteiger charge is 2.36. The molecule has 0 saturated carbocycles. The average Bonchev–Trinajstić information content (AvgIpc) is 3.13. The fraction of sp³-hybridized carbons (Fsp3) is 0.111. The molecule has 0 unspecified atom stereocenters. The lowest BCUT2D eigenvalue weighted by Gasteiger charge is -2.19. The molecule has 2 heterocycles. The van der Waals surface area contributed by atoms with E-state index in [1.807, 2.05) is 0 Å². The van der Waals surface area contributed by atoms with Gasteiger partial charge in [-0.05, 0) is 36.8 Å². The number of anilines is 2. The summed E-state index contributed by atoms with van der Waals surface area (Å²) < 4.78 is 66.2. The van der Waals surface area contributed by atoms with Crippen LogP contribution in [0.15, 0.2) is 36.4 Å². The van der Waals surface area contributed by atoms with Gasteiger partial charge in [-0.15, -0.1) is 5.10 Å². The van der Waals surface area contributed by atoms with Crippen LogP contribution in [-0.2, 0) is 6.18 Å². The second kappa shape index (κ2) is 6.47. The molecule has 0 saturated heterocycles. The monoisotopic (exact) mass is 410 g/mol. The van der Waals surface area contributed by atoms with Crippen LogP contribution < -0.4 is 15.7 Å². The van der Waals surface area contributed by atoms with Crippen molar-refractivity contribution < 1.29 is 31.7 Å². The summed E-state index contributed by atoms with van der Waals surface area (Å²) in [7, 11) is 0. The quantitative estimate of drug-likeness (QED) is 0.622. The highest BCUT2D eigenvalue weighted by atomic mass is 19.4. The van der Waals surface area contributed by atoms with Gasteiger partial charge >= 0.3 is 6.18 Å². The Balaban J connectivity index is 1.63. The lowest BCUT2D eigenvalue weighted by Crippen LogP contribution is -2.25. The van der Waals surface area contributed by atoms with Crippen LogP contribution in [0.25, 0.3) is 11.3 Å². The summed E-state index contributed by atoms with van der Waals surface area (Å²) in [5.74, 6) is -3.01. The van der Waals surface area contributed by atoms with E-state index >= 15 is 0 Å². The first-order valence-electron chi connectivity index (χ1n) is 8.16. The number of nitrogens with zero attached hydrogens (tertiary/aromatic N) is 2. The van der Waals surface area contributed by atoms with Gasteiger partial charge in [-0.2, -0.15) is 18.7 Å². The van der Waals surface area contributed by atoms with Crippen LogP contribution in [0.4, 0.5) is 33.3 Å². The fourth-order valence-electron chi connectivity index (χ4n) is 2.78.